The van der Waals surface area contributed by atoms with Gasteiger partial charge in [-0.05, 0) is 26.3 Å². The highest BCUT2D eigenvalue weighted by Crippen LogP contribution is 2.27. The van der Waals surface area contributed by atoms with E-state index in [4.69, 9.17) is 16.3 Å². The largest absolute Gasteiger partial charge is 0.379 e. The van der Waals surface area contributed by atoms with Crippen molar-refractivity contribution in [1.82, 2.24) is 4.98 Å². The minimum Gasteiger partial charge on any atom is -0.379 e. The summed E-state index contributed by atoms with van der Waals surface area (Å²) in [5.41, 5.74) is 0.928. The molecule has 2 rings (SSSR count). The molecule has 1 aliphatic rings. The van der Waals surface area contributed by atoms with E-state index in [1.54, 1.807) is 12.4 Å². The van der Waals surface area contributed by atoms with E-state index in [1.807, 2.05) is 6.07 Å². The lowest BCUT2D eigenvalue weighted by atomic mass is 10.0. The van der Waals surface area contributed by atoms with E-state index in [9.17, 15) is 0 Å². The Morgan fingerprint density at radius 1 is 1.53 bits per heavy atom. The average Bonchev–Trinajstić information content (AvgIpc) is 2.45. The van der Waals surface area contributed by atoms with E-state index in [-0.39, 0.29) is 5.60 Å². The minimum atomic E-state index is -0.0241. The summed E-state index contributed by atoms with van der Waals surface area (Å²) in [6, 6.07) is 2.22. The van der Waals surface area contributed by atoms with Crippen LogP contribution in [0.15, 0.2) is 18.5 Å². The molecule has 4 heteroatoms. The Balaban J connectivity index is 1.99. The highest BCUT2D eigenvalue weighted by atomic mass is 35.5. The molecule has 0 aliphatic carbocycles. The molecule has 1 N–H and O–H groups in total. The van der Waals surface area contributed by atoms with Gasteiger partial charge in [0.05, 0.1) is 35.2 Å². The second-order valence-electron chi connectivity index (χ2n) is 4.51. The van der Waals surface area contributed by atoms with Crippen LogP contribution >= 0.6 is 11.6 Å². The Morgan fingerprint density at radius 2 is 2.33 bits per heavy atom. The number of nitrogens with zero attached hydrogens (tertiary/aromatic N) is 1. The van der Waals surface area contributed by atoms with Gasteiger partial charge in [0.1, 0.15) is 0 Å². The summed E-state index contributed by atoms with van der Waals surface area (Å²) < 4.78 is 5.64. The minimum absolute atomic E-state index is 0.0241. The molecular weight excluding hydrogens is 212 g/mol. The summed E-state index contributed by atoms with van der Waals surface area (Å²) in [5.74, 6) is 0. The quantitative estimate of drug-likeness (QED) is 0.842. The second kappa shape index (κ2) is 3.99. The summed E-state index contributed by atoms with van der Waals surface area (Å²) in [6.07, 6.45) is 4.40. The molecule has 2 heterocycles. The van der Waals surface area contributed by atoms with E-state index in [0.29, 0.717) is 11.1 Å². The fourth-order valence-corrected chi connectivity index (χ4v) is 2.03. The molecule has 1 aromatic rings. The zero-order valence-corrected chi connectivity index (χ0v) is 9.71. The van der Waals surface area contributed by atoms with Crippen molar-refractivity contribution in [3.8, 4) is 0 Å². The number of halogens is 1. The van der Waals surface area contributed by atoms with Crippen LogP contribution in [0.4, 0.5) is 5.69 Å². The molecule has 1 fully saturated rings. The van der Waals surface area contributed by atoms with Gasteiger partial charge in [0.25, 0.3) is 0 Å². The summed E-state index contributed by atoms with van der Waals surface area (Å²) >= 11 is 5.85. The first-order valence-electron chi connectivity index (χ1n) is 5.06. The summed E-state index contributed by atoms with van der Waals surface area (Å²) in [5, 5.41) is 4.02. The third kappa shape index (κ3) is 2.83. The van der Waals surface area contributed by atoms with Crippen LogP contribution in [0, 0.1) is 0 Å². The first-order chi connectivity index (χ1) is 7.05. The molecule has 15 heavy (non-hydrogen) atoms. The first-order valence-corrected chi connectivity index (χ1v) is 5.44. The number of ether oxygens (including phenoxy) is 1. The smallest absolute Gasteiger partial charge is 0.0676 e. The topological polar surface area (TPSA) is 34.2 Å². The molecule has 0 bridgehead atoms. The number of hydrogen-bond acceptors (Lipinski definition) is 3. The van der Waals surface area contributed by atoms with Crippen LogP contribution in [-0.2, 0) is 4.74 Å². The molecule has 0 saturated carbocycles. The van der Waals surface area contributed by atoms with Crippen molar-refractivity contribution >= 4 is 17.3 Å². The van der Waals surface area contributed by atoms with Crippen LogP contribution in [0.1, 0.15) is 20.3 Å². The summed E-state index contributed by atoms with van der Waals surface area (Å²) in [7, 11) is 0. The van der Waals surface area contributed by atoms with Crippen molar-refractivity contribution < 1.29 is 4.74 Å². The van der Waals surface area contributed by atoms with Gasteiger partial charge < -0.3 is 10.1 Å². The van der Waals surface area contributed by atoms with E-state index >= 15 is 0 Å². The fraction of sp³-hybridized carbons (Fsp3) is 0.545. The van der Waals surface area contributed by atoms with Crippen LogP contribution in [0.2, 0.25) is 5.02 Å². The molecule has 1 aromatic heterocycles. The molecule has 82 valence electrons. The Hall–Kier alpha value is -0.800. The van der Waals surface area contributed by atoms with Crippen LogP contribution in [0.3, 0.4) is 0 Å². The molecule has 3 nitrogen and oxygen atoms in total. The molecule has 1 aliphatic heterocycles. The SMILES string of the molecule is CC1(C)CC(Nc2cncc(Cl)c2)CO1. The van der Waals surface area contributed by atoms with Crippen LogP contribution in [0.5, 0.6) is 0 Å². The zero-order valence-electron chi connectivity index (χ0n) is 8.96. The maximum absolute atomic E-state index is 5.85. The Morgan fingerprint density at radius 3 is 2.93 bits per heavy atom. The van der Waals surface area contributed by atoms with Crippen molar-refractivity contribution in [2.45, 2.75) is 31.9 Å². The van der Waals surface area contributed by atoms with Gasteiger partial charge in [0.2, 0.25) is 0 Å². The van der Waals surface area contributed by atoms with Gasteiger partial charge in [-0.1, -0.05) is 11.6 Å². The van der Waals surface area contributed by atoms with Crippen molar-refractivity contribution in [2.75, 3.05) is 11.9 Å². The van der Waals surface area contributed by atoms with Crippen molar-refractivity contribution in [3.63, 3.8) is 0 Å². The highest BCUT2D eigenvalue weighted by Gasteiger charge is 2.31. The molecule has 0 aromatic carbocycles. The van der Waals surface area contributed by atoms with Crippen LogP contribution < -0.4 is 5.32 Å². The lowest BCUT2D eigenvalue weighted by molar-refractivity contribution is 0.0363. The van der Waals surface area contributed by atoms with Gasteiger partial charge in [-0.2, -0.15) is 0 Å². The third-order valence-electron chi connectivity index (χ3n) is 2.49. The van der Waals surface area contributed by atoms with Crippen LogP contribution in [0.25, 0.3) is 0 Å². The average molecular weight is 227 g/mol. The number of pyridine rings is 1. The maximum Gasteiger partial charge on any atom is 0.0676 e. The lowest BCUT2D eigenvalue weighted by Crippen LogP contribution is -2.22. The van der Waals surface area contributed by atoms with E-state index < -0.39 is 0 Å². The Bertz CT molecular complexity index is 354. The molecule has 0 amide bonds. The normalized spacial score (nSPS) is 24.1. The highest BCUT2D eigenvalue weighted by molar-refractivity contribution is 6.30. The van der Waals surface area contributed by atoms with Gasteiger partial charge in [-0.3, -0.25) is 4.98 Å². The third-order valence-corrected chi connectivity index (χ3v) is 2.70. The first kappa shape index (κ1) is 10.7. The van der Waals surface area contributed by atoms with E-state index in [1.165, 1.54) is 0 Å². The zero-order chi connectivity index (χ0) is 10.9. The molecular formula is C11H15ClN2O. The number of rotatable bonds is 2. The number of aromatic nitrogens is 1. The van der Waals surface area contributed by atoms with Gasteiger partial charge in [-0.15, -0.1) is 0 Å². The molecule has 1 unspecified atom stereocenters. The summed E-state index contributed by atoms with van der Waals surface area (Å²) in [6.45, 7) is 4.94. The predicted octanol–water partition coefficient (Wildman–Crippen LogP) is 2.71. The Labute approximate surface area is 94.8 Å². The molecule has 1 saturated heterocycles. The van der Waals surface area contributed by atoms with Gasteiger partial charge >= 0.3 is 0 Å². The molecule has 0 radical (unpaired) electrons. The predicted molar refractivity (Wildman–Crippen MR) is 61.3 cm³/mol. The van der Waals surface area contributed by atoms with Gasteiger partial charge in [0, 0.05) is 6.20 Å². The van der Waals surface area contributed by atoms with Crippen LogP contribution in [-0.4, -0.2) is 23.2 Å². The van der Waals surface area contributed by atoms with E-state index in [0.717, 1.165) is 18.7 Å². The lowest BCUT2D eigenvalue weighted by Gasteiger charge is -2.16. The number of hydrogen-bond donors (Lipinski definition) is 1. The summed E-state index contributed by atoms with van der Waals surface area (Å²) in [4.78, 5) is 4.03. The Kier molecular flexibility index (Phi) is 2.85. The van der Waals surface area contributed by atoms with Gasteiger partial charge in [-0.25, -0.2) is 0 Å². The maximum atomic E-state index is 5.85. The fourth-order valence-electron chi connectivity index (χ4n) is 1.86. The standard InChI is InChI=1S/C11H15ClN2O/c1-11(2)4-10(7-15-11)14-9-3-8(12)5-13-6-9/h3,5-6,10,14H,4,7H2,1-2H3. The molecule has 0 spiro atoms. The van der Waals surface area contributed by atoms with Gasteiger partial charge in [0.15, 0.2) is 0 Å². The van der Waals surface area contributed by atoms with Crippen molar-refractivity contribution in [1.29, 1.82) is 0 Å². The number of nitrogens with one attached hydrogen (secondary N) is 1. The van der Waals surface area contributed by atoms with Crippen molar-refractivity contribution in [2.24, 2.45) is 0 Å². The van der Waals surface area contributed by atoms with E-state index in [2.05, 4.69) is 24.1 Å². The second-order valence-corrected chi connectivity index (χ2v) is 4.94. The van der Waals surface area contributed by atoms with Crippen molar-refractivity contribution in [3.05, 3.63) is 23.5 Å². The number of anilines is 1. The monoisotopic (exact) mass is 226 g/mol. The molecule has 1 atom stereocenters.